The van der Waals surface area contributed by atoms with Gasteiger partial charge in [0.2, 0.25) is 0 Å². The Morgan fingerprint density at radius 1 is 1.35 bits per heavy atom. The Bertz CT molecular complexity index is 490. The molecule has 1 aromatic rings. The zero-order chi connectivity index (χ0) is 15.3. The van der Waals surface area contributed by atoms with Crippen LogP contribution in [0.1, 0.15) is 11.1 Å². The largest absolute Gasteiger partial charge is 0.574 e. The summed E-state index contributed by atoms with van der Waals surface area (Å²) in [6.45, 7) is -1.15. The summed E-state index contributed by atoms with van der Waals surface area (Å²) in [6, 6.07) is 0. The number of hydrogen-bond acceptors (Lipinski definition) is 5. The van der Waals surface area contributed by atoms with Gasteiger partial charge in [-0.05, 0) is 5.56 Å². The van der Waals surface area contributed by atoms with E-state index in [1.807, 2.05) is 0 Å². The first-order chi connectivity index (χ1) is 9.32. The summed E-state index contributed by atoms with van der Waals surface area (Å²) < 4.78 is 62.2. The van der Waals surface area contributed by atoms with Gasteiger partial charge in [-0.2, -0.15) is 0 Å². The molecule has 0 atom stereocenters. The predicted octanol–water partition coefficient (Wildman–Crippen LogP) is 2.17. The van der Waals surface area contributed by atoms with Crippen LogP contribution in [0.5, 0.6) is 11.6 Å². The number of carbonyl (C=O) groups excluding carboxylic acids is 1. The van der Waals surface area contributed by atoms with E-state index < -0.39 is 30.6 Å². The molecule has 0 N–H and O–H groups in total. The maximum Gasteiger partial charge on any atom is 0.574 e. The molecule has 20 heavy (non-hydrogen) atoms. The van der Waals surface area contributed by atoms with Crippen molar-refractivity contribution >= 4 is 5.97 Å². The Morgan fingerprint density at radius 3 is 2.45 bits per heavy atom. The van der Waals surface area contributed by atoms with Crippen LogP contribution in [0.2, 0.25) is 0 Å². The van der Waals surface area contributed by atoms with Crippen LogP contribution in [0.25, 0.3) is 0 Å². The lowest BCUT2D eigenvalue weighted by molar-refractivity contribution is -0.276. The van der Waals surface area contributed by atoms with E-state index in [4.69, 9.17) is 0 Å². The highest BCUT2D eigenvalue weighted by molar-refractivity contribution is 5.73. The molecule has 0 spiro atoms. The fourth-order valence-corrected chi connectivity index (χ4v) is 1.47. The summed E-state index contributed by atoms with van der Waals surface area (Å²) >= 11 is 0. The van der Waals surface area contributed by atoms with Crippen molar-refractivity contribution in [3.05, 3.63) is 17.3 Å². The monoisotopic (exact) mass is 297 g/mol. The summed E-state index contributed by atoms with van der Waals surface area (Å²) in [5, 5.41) is 0. The fraction of sp³-hybridized carbons (Fsp3) is 0.455. The van der Waals surface area contributed by atoms with Gasteiger partial charge in [0.15, 0.2) is 5.75 Å². The Balaban J connectivity index is 3.22. The lowest BCUT2D eigenvalue weighted by Crippen LogP contribution is -2.19. The molecule has 9 heteroatoms. The first kappa shape index (κ1) is 16.0. The standard InChI is InChI=1S/C11H11F4NO4/c1-18-8(17)3-6-5-16-10(20-11(13,14)15)9(19-2)7(6)4-12/h5H,3-4H2,1-2H3. The zero-order valence-corrected chi connectivity index (χ0v) is 10.6. The number of halogens is 4. The lowest BCUT2D eigenvalue weighted by Gasteiger charge is -2.15. The number of methoxy groups -OCH3 is 2. The lowest BCUT2D eigenvalue weighted by atomic mass is 10.1. The van der Waals surface area contributed by atoms with Crippen LogP contribution in [-0.4, -0.2) is 31.5 Å². The van der Waals surface area contributed by atoms with E-state index in [-0.39, 0.29) is 17.5 Å². The van der Waals surface area contributed by atoms with Crippen molar-refractivity contribution in [1.82, 2.24) is 4.98 Å². The molecule has 0 unspecified atom stereocenters. The molecule has 112 valence electrons. The molecular weight excluding hydrogens is 286 g/mol. The van der Waals surface area contributed by atoms with E-state index in [0.29, 0.717) is 0 Å². The van der Waals surface area contributed by atoms with Crippen molar-refractivity contribution < 1.29 is 36.6 Å². The Kier molecular flexibility index (Phi) is 5.12. The van der Waals surface area contributed by atoms with Gasteiger partial charge in [0, 0.05) is 11.8 Å². The second-order valence-electron chi connectivity index (χ2n) is 3.53. The summed E-state index contributed by atoms with van der Waals surface area (Å²) in [4.78, 5) is 14.5. The maximum atomic E-state index is 13.0. The normalized spacial score (nSPS) is 11.1. The zero-order valence-electron chi connectivity index (χ0n) is 10.6. The van der Waals surface area contributed by atoms with Crippen molar-refractivity contribution in [1.29, 1.82) is 0 Å². The first-order valence-electron chi connectivity index (χ1n) is 5.25. The van der Waals surface area contributed by atoms with Crippen LogP contribution < -0.4 is 9.47 Å². The quantitative estimate of drug-likeness (QED) is 0.616. The molecule has 1 aromatic heterocycles. The minimum Gasteiger partial charge on any atom is -0.491 e. The Morgan fingerprint density at radius 2 is 2.00 bits per heavy atom. The smallest absolute Gasteiger partial charge is 0.491 e. The molecule has 0 aliphatic carbocycles. The fourth-order valence-electron chi connectivity index (χ4n) is 1.47. The van der Waals surface area contributed by atoms with Crippen LogP contribution in [0.15, 0.2) is 6.20 Å². The highest BCUT2D eigenvalue weighted by atomic mass is 19.4. The SMILES string of the molecule is COC(=O)Cc1cnc(OC(F)(F)F)c(OC)c1CF. The first-order valence-corrected chi connectivity index (χ1v) is 5.25. The van der Waals surface area contributed by atoms with Crippen molar-refractivity contribution in [2.24, 2.45) is 0 Å². The number of esters is 1. The molecule has 0 saturated carbocycles. The molecule has 5 nitrogen and oxygen atoms in total. The van der Waals surface area contributed by atoms with E-state index in [1.165, 1.54) is 0 Å². The van der Waals surface area contributed by atoms with E-state index in [2.05, 4.69) is 19.2 Å². The van der Waals surface area contributed by atoms with Gasteiger partial charge in [0.25, 0.3) is 5.88 Å². The minimum atomic E-state index is -4.99. The van der Waals surface area contributed by atoms with Gasteiger partial charge >= 0.3 is 12.3 Å². The number of nitrogens with zero attached hydrogens (tertiary/aromatic N) is 1. The number of alkyl halides is 4. The maximum absolute atomic E-state index is 13.0. The van der Waals surface area contributed by atoms with Crippen LogP contribution in [0.3, 0.4) is 0 Å². The molecular formula is C11H11F4NO4. The van der Waals surface area contributed by atoms with Crippen LogP contribution in [-0.2, 0) is 22.6 Å². The number of rotatable bonds is 5. The predicted molar refractivity (Wildman–Crippen MR) is 58.0 cm³/mol. The molecule has 0 aromatic carbocycles. The molecule has 0 amide bonds. The number of hydrogen-bond donors (Lipinski definition) is 0. The van der Waals surface area contributed by atoms with E-state index in [1.54, 1.807) is 0 Å². The highest BCUT2D eigenvalue weighted by Crippen LogP contribution is 2.35. The third-order valence-electron chi connectivity index (χ3n) is 2.31. The molecule has 1 rings (SSSR count). The van der Waals surface area contributed by atoms with Gasteiger partial charge in [0.05, 0.1) is 20.6 Å². The van der Waals surface area contributed by atoms with Crippen molar-refractivity contribution in [3.8, 4) is 11.6 Å². The second-order valence-corrected chi connectivity index (χ2v) is 3.53. The van der Waals surface area contributed by atoms with Gasteiger partial charge in [-0.25, -0.2) is 9.37 Å². The van der Waals surface area contributed by atoms with Gasteiger partial charge < -0.3 is 14.2 Å². The number of ether oxygens (including phenoxy) is 3. The topological polar surface area (TPSA) is 57.7 Å². The Hall–Kier alpha value is -2.06. The molecule has 0 aliphatic rings. The average Bonchev–Trinajstić information content (AvgIpc) is 2.37. The molecule has 0 fully saturated rings. The number of aromatic nitrogens is 1. The van der Waals surface area contributed by atoms with Crippen molar-refractivity contribution in [2.45, 2.75) is 19.5 Å². The van der Waals surface area contributed by atoms with Gasteiger partial charge in [-0.3, -0.25) is 4.79 Å². The van der Waals surface area contributed by atoms with Crippen molar-refractivity contribution in [2.75, 3.05) is 14.2 Å². The number of carbonyl (C=O) groups is 1. The third kappa shape index (κ3) is 3.97. The van der Waals surface area contributed by atoms with Crippen LogP contribution >= 0.6 is 0 Å². The van der Waals surface area contributed by atoms with Crippen molar-refractivity contribution in [3.63, 3.8) is 0 Å². The summed E-state index contributed by atoms with van der Waals surface area (Å²) in [6.07, 6.45) is -4.42. The van der Waals surface area contributed by atoms with Gasteiger partial charge in [-0.1, -0.05) is 0 Å². The summed E-state index contributed by atoms with van der Waals surface area (Å²) in [5.74, 6) is -2.11. The molecule has 0 bridgehead atoms. The second kappa shape index (κ2) is 6.40. The Labute approximate surface area is 111 Å². The van der Waals surface area contributed by atoms with E-state index in [9.17, 15) is 22.4 Å². The average molecular weight is 297 g/mol. The van der Waals surface area contributed by atoms with E-state index in [0.717, 1.165) is 20.4 Å². The van der Waals surface area contributed by atoms with Gasteiger partial charge in [-0.15, -0.1) is 13.2 Å². The van der Waals surface area contributed by atoms with E-state index >= 15 is 0 Å². The van der Waals surface area contributed by atoms with Crippen LogP contribution in [0, 0.1) is 0 Å². The third-order valence-corrected chi connectivity index (χ3v) is 2.31. The molecule has 0 saturated heterocycles. The molecule has 0 aliphatic heterocycles. The summed E-state index contributed by atoms with van der Waals surface area (Å²) in [5.41, 5.74) is -0.183. The molecule has 1 heterocycles. The minimum absolute atomic E-state index is 0.0609. The van der Waals surface area contributed by atoms with Gasteiger partial charge in [0.1, 0.15) is 6.67 Å². The number of pyridine rings is 1. The highest BCUT2D eigenvalue weighted by Gasteiger charge is 2.34. The summed E-state index contributed by atoms with van der Waals surface area (Å²) in [7, 11) is 2.17. The molecule has 0 radical (unpaired) electrons. The van der Waals surface area contributed by atoms with Crippen LogP contribution in [0.4, 0.5) is 17.6 Å².